The van der Waals surface area contributed by atoms with Gasteiger partial charge in [0.15, 0.2) is 0 Å². The van der Waals surface area contributed by atoms with Crippen LogP contribution in [0.25, 0.3) is 0 Å². The van der Waals surface area contributed by atoms with Crippen molar-refractivity contribution in [3.63, 3.8) is 0 Å². The number of hydrogen-bond acceptors (Lipinski definition) is 5. The van der Waals surface area contributed by atoms with Crippen LogP contribution < -0.4 is 11.1 Å². The molecule has 5 nitrogen and oxygen atoms in total. The smallest absolute Gasteiger partial charge is 0.228 e. The molecule has 1 amide bonds. The van der Waals surface area contributed by atoms with Crippen molar-refractivity contribution in [2.75, 3.05) is 5.32 Å². The fourth-order valence-corrected chi connectivity index (χ4v) is 2.99. The molecule has 0 saturated heterocycles. The number of carbonyl (C=O) groups is 1. The minimum absolute atomic E-state index is 0.0514. The maximum atomic E-state index is 11.8. The first kappa shape index (κ1) is 13.4. The number of nitrogens with two attached hydrogens (primary N) is 1. The summed E-state index contributed by atoms with van der Waals surface area (Å²) in [6.07, 6.45) is 4.28. The van der Waals surface area contributed by atoms with E-state index < -0.39 is 0 Å². The Morgan fingerprint density at radius 3 is 2.78 bits per heavy atom. The van der Waals surface area contributed by atoms with Crippen molar-refractivity contribution >= 4 is 22.4 Å². The molecule has 18 heavy (non-hydrogen) atoms. The molecule has 1 heterocycles. The van der Waals surface area contributed by atoms with Crippen LogP contribution >= 0.6 is 11.3 Å². The lowest BCUT2D eigenvalue weighted by Gasteiger charge is -2.37. The molecule has 0 unspecified atom stereocenters. The first-order chi connectivity index (χ1) is 8.47. The van der Waals surface area contributed by atoms with E-state index >= 15 is 0 Å². The molecule has 100 valence electrons. The molecule has 0 bridgehead atoms. The Bertz CT molecular complexity index is 425. The van der Waals surface area contributed by atoms with E-state index in [1.807, 2.05) is 0 Å². The summed E-state index contributed by atoms with van der Waals surface area (Å²) < 4.78 is 0. The Morgan fingerprint density at radius 1 is 1.50 bits per heavy atom. The van der Waals surface area contributed by atoms with Crippen LogP contribution in [0.5, 0.6) is 0 Å². The van der Waals surface area contributed by atoms with E-state index in [0.29, 0.717) is 17.5 Å². The van der Waals surface area contributed by atoms with Crippen molar-refractivity contribution in [2.45, 2.75) is 51.5 Å². The maximum absolute atomic E-state index is 11.8. The number of nitrogens with one attached hydrogen (secondary N) is 1. The van der Waals surface area contributed by atoms with Crippen LogP contribution in [0, 0.1) is 5.92 Å². The summed E-state index contributed by atoms with van der Waals surface area (Å²) in [5, 5.41) is 12.4. The summed E-state index contributed by atoms with van der Waals surface area (Å²) in [7, 11) is 0. The van der Waals surface area contributed by atoms with Crippen LogP contribution in [0.15, 0.2) is 0 Å². The largest absolute Gasteiger partial charge is 0.325 e. The van der Waals surface area contributed by atoms with Gasteiger partial charge in [0, 0.05) is 18.4 Å². The molecule has 0 radical (unpaired) electrons. The molecule has 0 atom stereocenters. The lowest BCUT2D eigenvalue weighted by molar-refractivity contribution is -0.118. The summed E-state index contributed by atoms with van der Waals surface area (Å²) in [4.78, 5) is 11.8. The van der Waals surface area contributed by atoms with Gasteiger partial charge in [0.25, 0.3) is 0 Å². The summed E-state index contributed by atoms with van der Waals surface area (Å²) in [6, 6.07) is 0. The molecular formula is C12H20N4OS. The zero-order valence-electron chi connectivity index (χ0n) is 10.9. The Kier molecular flexibility index (Phi) is 3.97. The van der Waals surface area contributed by atoms with E-state index in [2.05, 4.69) is 29.4 Å². The van der Waals surface area contributed by atoms with E-state index in [0.717, 1.165) is 30.7 Å². The van der Waals surface area contributed by atoms with Crippen molar-refractivity contribution in [3.05, 3.63) is 5.01 Å². The van der Waals surface area contributed by atoms with Crippen LogP contribution in [0.1, 0.15) is 44.5 Å². The third-order valence-corrected chi connectivity index (χ3v) is 4.02. The van der Waals surface area contributed by atoms with Crippen molar-refractivity contribution < 1.29 is 4.79 Å². The van der Waals surface area contributed by atoms with Gasteiger partial charge in [-0.15, -0.1) is 10.2 Å². The van der Waals surface area contributed by atoms with Gasteiger partial charge >= 0.3 is 0 Å². The van der Waals surface area contributed by atoms with Gasteiger partial charge in [-0.05, 0) is 25.2 Å². The molecule has 1 aromatic rings. The molecular weight excluding hydrogens is 248 g/mol. The third-order valence-electron chi connectivity index (χ3n) is 3.16. The summed E-state index contributed by atoms with van der Waals surface area (Å²) in [5.41, 5.74) is 5.75. The number of anilines is 1. The average Bonchev–Trinajstić information content (AvgIpc) is 2.61. The van der Waals surface area contributed by atoms with E-state index in [1.54, 1.807) is 0 Å². The second-order valence-corrected chi connectivity index (χ2v) is 6.60. The third kappa shape index (κ3) is 3.49. The predicted octanol–water partition coefficient (Wildman–Crippen LogP) is 1.95. The molecule has 0 aromatic carbocycles. The highest BCUT2D eigenvalue weighted by atomic mass is 32.1. The molecule has 1 aliphatic carbocycles. The van der Waals surface area contributed by atoms with Crippen molar-refractivity contribution in [1.82, 2.24) is 10.2 Å². The molecule has 6 heteroatoms. The minimum atomic E-state index is -0.282. The van der Waals surface area contributed by atoms with Gasteiger partial charge in [-0.3, -0.25) is 4.79 Å². The molecule has 0 aliphatic heterocycles. The number of carbonyl (C=O) groups excluding carboxylic acids is 1. The van der Waals surface area contributed by atoms with Gasteiger partial charge in [-0.25, -0.2) is 0 Å². The second-order valence-electron chi connectivity index (χ2n) is 5.54. The quantitative estimate of drug-likeness (QED) is 0.855. The van der Waals surface area contributed by atoms with Crippen LogP contribution in [-0.2, 0) is 11.2 Å². The Hall–Kier alpha value is -1.01. The second kappa shape index (κ2) is 5.32. The van der Waals surface area contributed by atoms with Crippen LogP contribution in [0.4, 0.5) is 5.13 Å². The highest BCUT2D eigenvalue weighted by molar-refractivity contribution is 7.15. The number of nitrogens with zero attached hydrogens (tertiary/aromatic N) is 2. The van der Waals surface area contributed by atoms with E-state index in [9.17, 15) is 4.79 Å². The lowest BCUT2D eigenvalue weighted by Crippen LogP contribution is -2.48. The minimum Gasteiger partial charge on any atom is -0.325 e. The number of hydrogen-bond donors (Lipinski definition) is 2. The van der Waals surface area contributed by atoms with E-state index in [1.165, 1.54) is 11.3 Å². The molecule has 1 aromatic heterocycles. The molecule has 1 saturated carbocycles. The highest BCUT2D eigenvalue weighted by Crippen LogP contribution is 2.32. The van der Waals surface area contributed by atoms with Gasteiger partial charge in [0.05, 0.1) is 0 Å². The Morgan fingerprint density at radius 2 is 2.22 bits per heavy atom. The highest BCUT2D eigenvalue weighted by Gasteiger charge is 2.34. The standard InChI is InChI=1S/C12H20N4OS/c1-8(2)6-10-15-16-11(18-10)14-9(17)7-12(13)4-3-5-12/h8H,3-7,13H2,1-2H3,(H,14,16,17). The topological polar surface area (TPSA) is 80.9 Å². The van der Waals surface area contributed by atoms with Crippen LogP contribution in [-0.4, -0.2) is 21.6 Å². The fourth-order valence-electron chi connectivity index (χ4n) is 2.03. The fraction of sp³-hybridized carbons (Fsp3) is 0.750. The van der Waals surface area contributed by atoms with Crippen LogP contribution in [0.2, 0.25) is 0 Å². The normalized spacial score (nSPS) is 17.6. The van der Waals surface area contributed by atoms with Gasteiger partial charge in [0.1, 0.15) is 5.01 Å². The lowest BCUT2D eigenvalue weighted by atomic mass is 9.75. The molecule has 2 rings (SSSR count). The first-order valence-electron chi connectivity index (χ1n) is 6.38. The maximum Gasteiger partial charge on any atom is 0.228 e. The predicted molar refractivity (Wildman–Crippen MR) is 72.5 cm³/mol. The first-order valence-corrected chi connectivity index (χ1v) is 7.20. The van der Waals surface area contributed by atoms with Gasteiger partial charge in [0.2, 0.25) is 11.0 Å². The van der Waals surface area contributed by atoms with Crippen molar-refractivity contribution in [3.8, 4) is 0 Å². The van der Waals surface area contributed by atoms with Gasteiger partial charge in [-0.1, -0.05) is 25.2 Å². The number of aromatic nitrogens is 2. The monoisotopic (exact) mass is 268 g/mol. The van der Waals surface area contributed by atoms with E-state index in [4.69, 9.17) is 5.73 Å². The zero-order chi connectivity index (χ0) is 13.2. The summed E-state index contributed by atoms with van der Waals surface area (Å²) in [6.45, 7) is 4.27. The molecule has 1 fully saturated rings. The summed E-state index contributed by atoms with van der Waals surface area (Å²) in [5.74, 6) is 0.494. The van der Waals surface area contributed by atoms with Crippen molar-refractivity contribution in [2.24, 2.45) is 11.7 Å². The molecule has 3 N–H and O–H groups in total. The SMILES string of the molecule is CC(C)Cc1nnc(NC(=O)CC2(N)CCC2)s1. The number of amides is 1. The Labute approximate surface area is 111 Å². The summed E-state index contributed by atoms with van der Waals surface area (Å²) >= 11 is 1.45. The van der Waals surface area contributed by atoms with Crippen LogP contribution in [0.3, 0.4) is 0 Å². The van der Waals surface area contributed by atoms with E-state index in [-0.39, 0.29) is 11.4 Å². The number of rotatable bonds is 5. The average molecular weight is 268 g/mol. The molecule has 0 spiro atoms. The Balaban J connectivity index is 1.85. The zero-order valence-corrected chi connectivity index (χ0v) is 11.7. The van der Waals surface area contributed by atoms with Gasteiger partial charge < -0.3 is 11.1 Å². The van der Waals surface area contributed by atoms with Crippen molar-refractivity contribution in [1.29, 1.82) is 0 Å². The van der Waals surface area contributed by atoms with Gasteiger partial charge in [-0.2, -0.15) is 0 Å². The molecule has 1 aliphatic rings.